The summed E-state index contributed by atoms with van der Waals surface area (Å²) >= 11 is 0. The minimum Gasteiger partial charge on any atom is -0.360 e. The Kier molecular flexibility index (Phi) is 3.01. The Labute approximate surface area is 157 Å². The number of hydrogen-bond donors (Lipinski definition) is 1. The van der Waals surface area contributed by atoms with Crippen LogP contribution in [0.5, 0.6) is 0 Å². The smallest absolute Gasteiger partial charge is 0.228 e. The Hall–Kier alpha value is -2.27. The number of aliphatic hydroxyl groups is 1. The predicted molar refractivity (Wildman–Crippen MR) is 98.0 cm³/mol. The molecule has 5 aliphatic rings. The molecule has 4 nitrogen and oxygen atoms in total. The molecule has 7 rings (SSSR count). The largest absolute Gasteiger partial charge is 0.360 e. The van der Waals surface area contributed by atoms with Crippen molar-refractivity contribution < 1.29 is 19.7 Å². The van der Waals surface area contributed by atoms with Crippen molar-refractivity contribution in [3.8, 4) is 0 Å². The van der Waals surface area contributed by atoms with Crippen molar-refractivity contribution >= 4 is 5.78 Å². The minimum atomic E-state index is -1.60. The van der Waals surface area contributed by atoms with Crippen LogP contribution in [0.4, 0.5) is 0 Å². The molecule has 4 aliphatic carbocycles. The first-order valence-corrected chi connectivity index (χ1v) is 9.65. The molecule has 2 aromatic rings. The number of hydrogen-bond acceptors (Lipinski definition) is 4. The highest BCUT2D eigenvalue weighted by molar-refractivity contribution is 5.98. The third-order valence-corrected chi connectivity index (χ3v) is 6.74. The van der Waals surface area contributed by atoms with Crippen molar-refractivity contribution in [2.75, 3.05) is 0 Å². The van der Waals surface area contributed by atoms with Crippen LogP contribution in [-0.4, -0.2) is 22.3 Å². The summed E-state index contributed by atoms with van der Waals surface area (Å²) in [6, 6.07) is 16.9. The van der Waals surface area contributed by atoms with E-state index in [-0.39, 0.29) is 17.6 Å². The summed E-state index contributed by atoms with van der Waals surface area (Å²) in [6.07, 6.45) is 4.05. The molecule has 1 fully saturated rings. The van der Waals surface area contributed by atoms with Gasteiger partial charge in [0.1, 0.15) is 5.60 Å². The Morgan fingerprint density at radius 3 is 2.22 bits per heavy atom. The molecule has 1 spiro atoms. The number of rotatable bonds is 0. The van der Waals surface area contributed by atoms with E-state index in [1.807, 2.05) is 6.08 Å². The van der Waals surface area contributed by atoms with Gasteiger partial charge in [-0.15, -0.1) is 0 Å². The van der Waals surface area contributed by atoms with E-state index in [0.29, 0.717) is 31.3 Å². The lowest BCUT2D eigenvalue weighted by Gasteiger charge is -2.54. The maximum Gasteiger partial charge on any atom is 0.228 e. The highest BCUT2D eigenvalue weighted by Crippen LogP contribution is 2.61. The van der Waals surface area contributed by atoms with Crippen molar-refractivity contribution in [1.82, 2.24) is 0 Å². The Morgan fingerprint density at radius 2 is 1.56 bits per heavy atom. The third kappa shape index (κ3) is 1.95. The molecule has 1 N–H and O–H groups in total. The van der Waals surface area contributed by atoms with E-state index < -0.39 is 11.4 Å². The molecule has 2 aromatic carbocycles. The van der Waals surface area contributed by atoms with E-state index in [0.717, 1.165) is 0 Å². The van der Waals surface area contributed by atoms with Gasteiger partial charge in [-0.1, -0.05) is 48.5 Å². The predicted octanol–water partition coefficient (Wildman–Crippen LogP) is 3.74. The van der Waals surface area contributed by atoms with Crippen LogP contribution in [0.15, 0.2) is 60.2 Å². The monoisotopic (exact) mass is 360 g/mol. The van der Waals surface area contributed by atoms with E-state index in [1.54, 1.807) is 0 Å². The summed E-state index contributed by atoms with van der Waals surface area (Å²) in [5, 5.41) is 10.8. The summed E-state index contributed by atoms with van der Waals surface area (Å²) in [6.45, 7) is 0. The first-order valence-electron chi connectivity index (χ1n) is 9.65. The van der Waals surface area contributed by atoms with E-state index >= 15 is 0 Å². The van der Waals surface area contributed by atoms with Crippen LogP contribution in [0, 0.1) is 0 Å². The molecule has 2 atom stereocenters. The van der Waals surface area contributed by atoms with Crippen LogP contribution in [-0.2, 0) is 14.6 Å². The highest BCUT2D eigenvalue weighted by atomic mass is 17.2. The van der Waals surface area contributed by atoms with Crippen molar-refractivity contribution in [3.63, 3.8) is 0 Å². The van der Waals surface area contributed by atoms with Gasteiger partial charge in [0.2, 0.25) is 5.79 Å². The zero-order chi connectivity index (χ0) is 18.2. The van der Waals surface area contributed by atoms with Gasteiger partial charge in [-0.25, -0.2) is 4.89 Å². The van der Waals surface area contributed by atoms with Crippen LogP contribution in [0.2, 0.25) is 0 Å². The van der Waals surface area contributed by atoms with Gasteiger partial charge in [-0.2, -0.15) is 4.89 Å². The number of benzene rings is 2. The Balaban J connectivity index is 1.59. The zero-order valence-corrected chi connectivity index (χ0v) is 14.9. The van der Waals surface area contributed by atoms with E-state index in [9.17, 15) is 9.90 Å². The van der Waals surface area contributed by atoms with E-state index in [4.69, 9.17) is 9.78 Å². The lowest BCUT2D eigenvalue weighted by molar-refractivity contribution is -0.455. The second-order valence-electron chi connectivity index (χ2n) is 8.19. The average Bonchev–Trinajstić information content (AvgIpc) is 2.70. The highest BCUT2D eigenvalue weighted by Gasteiger charge is 2.58. The van der Waals surface area contributed by atoms with Crippen LogP contribution in [0.25, 0.3) is 0 Å². The zero-order valence-electron chi connectivity index (χ0n) is 14.9. The molecule has 1 heterocycles. The quantitative estimate of drug-likeness (QED) is 0.727. The SMILES string of the molecule is O=C1CCCC2(O)OOC3(C=C12)CC1c2ccccc2C3c2ccccc21. The fourth-order valence-electron chi connectivity index (χ4n) is 5.60. The lowest BCUT2D eigenvalue weighted by Crippen LogP contribution is -2.55. The molecule has 1 aliphatic heterocycles. The minimum absolute atomic E-state index is 0.0329. The van der Waals surface area contributed by atoms with Gasteiger partial charge in [0, 0.05) is 24.7 Å². The maximum absolute atomic E-state index is 12.6. The normalized spacial score (nSPS) is 36.0. The fourth-order valence-corrected chi connectivity index (χ4v) is 5.60. The molecule has 0 amide bonds. The second kappa shape index (κ2) is 5.16. The van der Waals surface area contributed by atoms with Crippen LogP contribution in [0.3, 0.4) is 0 Å². The molecular formula is C23H20O4. The number of ketones is 1. The summed E-state index contributed by atoms with van der Waals surface area (Å²) in [5.74, 6) is -1.50. The molecule has 0 saturated heterocycles. The number of Topliss-reactive ketones (excluding diaryl/α,β-unsaturated/α-hetero) is 1. The summed E-state index contributed by atoms with van der Waals surface area (Å²) in [4.78, 5) is 24.2. The van der Waals surface area contributed by atoms with Crippen LogP contribution < -0.4 is 0 Å². The average molecular weight is 360 g/mol. The first kappa shape index (κ1) is 15.8. The van der Waals surface area contributed by atoms with Crippen LogP contribution >= 0.6 is 0 Å². The molecule has 136 valence electrons. The summed E-state index contributed by atoms with van der Waals surface area (Å²) in [7, 11) is 0. The molecule has 0 aromatic heterocycles. The van der Waals surface area contributed by atoms with Gasteiger partial charge < -0.3 is 5.11 Å². The Bertz CT molecular complexity index is 961. The molecule has 0 radical (unpaired) electrons. The van der Waals surface area contributed by atoms with Gasteiger partial charge in [-0.05, 0) is 41.2 Å². The van der Waals surface area contributed by atoms with Gasteiger partial charge in [-0.3, -0.25) is 4.79 Å². The first-order chi connectivity index (χ1) is 13.1. The van der Waals surface area contributed by atoms with Crippen LogP contribution in [0.1, 0.15) is 59.8 Å². The maximum atomic E-state index is 12.6. The molecule has 2 unspecified atom stereocenters. The number of carbonyl (C=O) groups excluding carboxylic acids is 1. The number of carbonyl (C=O) groups is 1. The standard InChI is InChI=1S/C23H20O4/c24-20-10-5-11-23(25)19(20)13-22(26-27-23)12-18-14-6-1-3-8-16(14)21(22)17-9-4-2-7-15(17)18/h1-4,6-9,13,18,21,25H,5,10-12H2. The molecule has 27 heavy (non-hydrogen) atoms. The molecule has 2 bridgehead atoms. The number of fused-ring (bicyclic) bond motifs is 1. The molecule has 4 heteroatoms. The van der Waals surface area contributed by atoms with Crippen molar-refractivity contribution in [2.45, 2.75) is 48.9 Å². The van der Waals surface area contributed by atoms with Gasteiger partial charge >= 0.3 is 0 Å². The molecular weight excluding hydrogens is 340 g/mol. The van der Waals surface area contributed by atoms with Crippen molar-refractivity contribution in [3.05, 3.63) is 82.4 Å². The summed E-state index contributed by atoms with van der Waals surface area (Å²) in [5.41, 5.74) is 4.71. The lowest BCUT2D eigenvalue weighted by atomic mass is 9.56. The van der Waals surface area contributed by atoms with E-state index in [1.165, 1.54) is 22.3 Å². The molecule has 1 saturated carbocycles. The van der Waals surface area contributed by atoms with Gasteiger partial charge in [0.05, 0.1) is 5.57 Å². The summed E-state index contributed by atoms with van der Waals surface area (Å²) < 4.78 is 0. The topological polar surface area (TPSA) is 55.8 Å². The fraction of sp³-hybridized carbons (Fsp3) is 0.348. The van der Waals surface area contributed by atoms with Crippen molar-refractivity contribution in [2.24, 2.45) is 0 Å². The van der Waals surface area contributed by atoms with E-state index in [2.05, 4.69) is 48.5 Å². The van der Waals surface area contributed by atoms with Gasteiger partial charge in [0.25, 0.3) is 0 Å². The third-order valence-electron chi connectivity index (χ3n) is 6.74. The van der Waals surface area contributed by atoms with Gasteiger partial charge in [0.15, 0.2) is 5.78 Å². The van der Waals surface area contributed by atoms with Crippen molar-refractivity contribution in [1.29, 1.82) is 0 Å². The second-order valence-corrected chi connectivity index (χ2v) is 8.19. The Morgan fingerprint density at radius 1 is 0.926 bits per heavy atom.